The molecule has 0 aliphatic carbocycles. The second kappa shape index (κ2) is 7.03. The van der Waals surface area contributed by atoms with Gasteiger partial charge in [0.1, 0.15) is 11.5 Å². The molecule has 0 bridgehead atoms. The molecule has 1 fully saturated rings. The molecule has 6 heteroatoms. The molecule has 0 amide bonds. The Labute approximate surface area is 146 Å². The van der Waals surface area contributed by atoms with E-state index in [1.807, 2.05) is 30.3 Å². The van der Waals surface area contributed by atoms with E-state index in [1.54, 1.807) is 12.5 Å². The summed E-state index contributed by atoms with van der Waals surface area (Å²) in [7, 11) is 0. The highest BCUT2D eigenvalue weighted by Gasteiger charge is 2.30. The van der Waals surface area contributed by atoms with Gasteiger partial charge in [-0.25, -0.2) is 0 Å². The Balaban J connectivity index is 1.49. The molecule has 1 atom stereocenters. The van der Waals surface area contributed by atoms with Crippen LogP contribution in [0, 0.1) is 0 Å². The van der Waals surface area contributed by atoms with Crippen LogP contribution in [0.25, 0.3) is 17.6 Å². The minimum Gasteiger partial charge on any atom is -0.465 e. The molecule has 3 aromatic rings. The van der Waals surface area contributed by atoms with Crippen LogP contribution in [0.2, 0.25) is 0 Å². The second-order valence-electron chi connectivity index (χ2n) is 6.31. The number of hydrogen-bond acceptors (Lipinski definition) is 6. The largest absolute Gasteiger partial charge is 0.465 e. The van der Waals surface area contributed by atoms with Crippen molar-refractivity contribution in [1.29, 1.82) is 0 Å². The summed E-state index contributed by atoms with van der Waals surface area (Å²) in [6.07, 6.45) is 7.64. The quantitative estimate of drug-likeness (QED) is 0.702. The molecule has 1 aliphatic heterocycles. The number of rotatable bonds is 5. The molecule has 0 unspecified atom stereocenters. The SMILES string of the molecule is C/C(=C\c1ccco1)CN1CCC[C@@H]1c1nc(-c2ccccn2)no1. The van der Waals surface area contributed by atoms with Crippen LogP contribution in [-0.2, 0) is 0 Å². The van der Waals surface area contributed by atoms with Gasteiger partial charge in [0.15, 0.2) is 0 Å². The normalized spacial score (nSPS) is 18.8. The molecule has 0 radical (unpaired) electrons. The number of furan rings is 1. The highest BCUT2D eigenvalue weighted by Crippen LogP contribution is 2.32. The lowest BCUT2D eigenvalue weighted by molar-refractivity contribution is 0.222. The minimum atomic E-state index is 0.157. The predicted molar refractivity (Wildman–Crippen MR) is 93.4 cm³/mol. The Hall–Kier alpha value is -2.73. The third-order valence-corrected chi connectivity index (χ3v) is 4.37. The summed E-state index contributed by atoms with van der Waals surface area (Å²) >= 11 is 0. The molecule has 0 N–H and O–H groups in total. The average Bonchev–Trinajstić information content (AvgIpc) is 3.36. The fourth-order valence-corrected chi connectivity index (χ4v) is 3.25. The number of aromatic nitrogens is 3. The lowest BCUT2D eigenvalue weighted by Gasteiger charge is -2.21. The maximum atomic E-state index is 5.54. The Kier molecular flexibility index (Phi) is 4.43. The topological polar surface area (TPSA) is 68.2 Å². The van der Waals surface area contributed by atoms with Gasteiger partial charge < -0.3 is 8.94 Å². The van der Waals surface area contributed by atoms with Gasteiger partial charge in [-0.3, -0.25) is 9.88 Å². The predicted octanol–water partition coefficient (Wildman–Crippen LogP) is 3.97. The summed E-state index contributed by atoms with van der Waals surface area (Å²) in [4.78, 5) is 11.2. The van der Waals surface area contributed by atoms with Crippen molar-refractivity contribution in [3.63, 3.8) is 0 Å². The van der Waals surface area contributed by atoms with Crippen LogP contribution in [0.5, 0.6) is 0 Å². The fourth-order valence-electron chi connectivity index (χ4n) is 3.25. The fraction of sp³-hybridized carbons (Fsp3) is 0.316. The Morgan fingerprint density at radius 3 is 3.08 bits per heavy atom. The van der Waals surface area contributed by atoms with E-state index in [4.69, 9.17) is 8.94 Å². The van der Waals surface area contributed by atoms with Gasteiger partial charge in [0.2, 0.25) is 11.7 Å². The van der Waals surface area contributed by atoms with Crippen molar-refractivity contribution in [2.45, 2.75) is 25.8 Å². The van der Waals surface area contributed by atoms with Crippen LogP contribution in [0.4, 0.5) is 0 Å². The van der Waals surface area contributed by atoms with Crippen LogP contribution < -0.4 is 0 Å². The zero-order chi connectivity index (χ0) is 17.1. The van der Waals surface area contributed by atoms with Gasteiger partial charge in [-0.15, -0.1) is 0 Å². The maximum absolute atomic E-state index is 5.54. The van der Waals surface area contributed by atoms with Crippen LogP contribution in [-0.4, -0.2) is 33.1 Å². The molecule has 4 heterocycles. The standard InChI is InChI=1S/C19H20N4O2/c1-14(12-15-6-5-11-24-15)13-23-10-4-8-17(23)19-21-18(22-25-19)16-7-2-3-9-20-16/h2-3,5-7,9,11-12,17H,4,8,10,13H2,1H3/b14-12+/t17-/m1/s1. The maximum Gasteiger partial charge on any atom is 0.244 e. The van der Waals surface area contributed by atoms with Crippen molar-refractivity contribution < 1.29 is 8.94 Å². The molecule has 0 aromatic carbocycles. The van der Waals surface area contributed by atoms with Gasteiger partial charge in [0, 0.05) is 12.7 Å². The number of hydrogen-bond donors (Lipinski definition) is 0. The van der Waals surface area contributed by atoms with Crippen molar-refractivity contribution in [3.8, 4) is 11.5 Å². The minimum absolute atomic E-state index is 0.157. The Bertz CT molecular complexity index is 839. The first-order chi connectivity index (χ1) is 12.3. The van der Waals surface area contributed by atoms with E-state index in [1.165, 1.54) is 5.57 Å². The van der Waals surface area contributed by atoms with Gasteiger partial charge in [-0.1, -0.05) is 16.8 Å². The van der Waals surface area contributed by atoms with E-state index < -0.39 is 0 Å². The summed E-state index contributed by atoms with van der Waals surface area (Å²) < 4.78 is 10.9. The highest BCUT2D eigenvalue weighted by atomic mass is 16.5. The Morgan fingerprint density at radius 2 is 2.28 bits per heavy atom. The van der Waals surface area contributed by atoms with E-state index in [0.29, 0.717) is 11.7 Å². The van der Waals surface area contributed by atoms with Crippen molar-refractivity contribution in [2.75, 3.05) is 13.1 Å². The molecule has 3 aromatic heterocycles. The Morgan fingerprint density at radius 1 is 1.32 bits per heavy atom. The molecule has 25 heavy (non-hydrogen) atoms. The molecule has 4 rings (SSSR count). The van der Waals surface area contributed by atoms with Gasteiger partial charge in [-0.2, -0.15) is 4.98 Å². The van der Waals surface area contributed by atoms with Gasteiger partial charge >= 0.3 is 0 Å². The molecule has 128 valence electrons. The molecule has 6 nitrogen and oxygen atoms in total. The second-order valence-corrected chi connectivity index (χ2v) is 6.31. The van der Waals surface area contributed by atoms with Crippen molar-refractivity contribution in [2.24, 2.45) is 0 Å². The summed E-state index contributed by atoms with van der Waals surface area (Å²) in [5.74, 6) is 2.10. The van der Waals surface area contributed by atoms with E-state index >= 15 is 0 Å². The molecular formula is C19H20N4O2. The summed E-state index contributed by atoms with van der Waals surface area (Å²) in [6.45, 7) is 3.99. The van der Waals surface area contributed by atoms with Crippen molar-refractivity contribution in [1.82, 2.24) is 20.0 Å². The highest BCUT2D eigenvalue weighted by molar-refractivity contribution is 5.48. The number of likely N-dealkylation sites (tertiary alicyclic amines) is 1. The molecule has 0 saturated carbocycles. The lowest BCUT2D eigenvalue weighted by Crippen LogP contribution is -2.25. The zero-order valence-electron chi connectivity index (χ0n) is 14.1. The van der Waals surface area contributed by atoms with Gasteiger partial charge in [-0.05, 0) is 56.7 Å². The van der Waals surface area contributed by atoms with Gasteiger partial charge in [0.25, 0.3) is 0 Å². The van der Waals surface area contributed by atoms with Crippen molar-refractivity contribution in [3.05, 3.63) is 60.0 Å². The third kappa shape index (κ3) is 3.53. The zero-order valence-corrected chi connectivity index (χ0v) is 14.1. The first kappa shape index (κ1) is 15.8. The molecule has 1 saturated heterocycles. The van der Waals surface area contributed by atoms with E-state index in [-0.39, 0.29) is 6.04 Å². The summed E-state index contributed by atoms with van der Waals surface area (Å²) in [5.41, 5.74) is 1.97. The van der Waals surface area contributed by atoms with Crippen LogP contribution >= 0.6 is 0 Å². The van der Waals surface area contributed by atoms with Crippen LogP contribution in [0.3, 0.4) is 0 Å². The van der Waals surface area contributed by atoms with E-state index in [0.717, 1.165) is 37.4 Å². The van der Waals surface area contributed by atoms with Crippen LogP contribution in [0.15, 0.2) is 57.3 Å². The molecule has 0 spiro atoms. The average molecular weight is 336 g/mol. The van der Waals surface area contributed by atoms with Crippen molar-refractivity contribution >= 4 is 6.08 Å². The lowest BCUT2D eigenvalue weighted by atomic mass is 10.2. The monoisotopic (exact) mass is 336 g/mol. The summed E-state index contributed by atoms with van der Waals surface area (Å²) in [6, 6.07) is 9.69. The summed E-state index contributed by atoms with van der Waals surface area (Å²) in [5, 5.41) is 4.10. The van der Waals surface area contributed by atoms with Gasteiger partial charge in [0.05, 0.1) is 12.3 Å². The van der Waals surface area contributed by atoms with Crippen LogP contribution in [0.1, 0.15) is 37.5 Å². The smallest absolute Gasteiger partial charge is 0.244 e. The third-order valence-electron chi connectivity index (χ3n) is 4.37. The molecule has 1 aliphatic rings. The van der Waals surface area contributed by atoms with E-state index in [9.17, 15) is 0 Å². The first-order valence-corrected chi connectivity index (χ1v) is 8.49. The number of nitrogens with zero attached hydrogens (tertiary/aromatic N) is 4. The first-order valence-electron chi connectivity index (χ1n) is 8.49. The molecular weight excluding hydrogens is 316 g/mol. The van der Waals surface area contributed by atoms with E-state index in [2.05, 4.69) is 33.0 Å². The number of pyridine rings is 1.